The van der Waals surface area contributed by atoms with Gasteiger partial charge in [0.15, 0.2) is 5.69 Å². The smallest absolute Gasteiger partial charge is 0.269 e. The molecule has 0 radical (unpaired) electrons. The van der Waals surface area contributed by atoms with Gasteiger partial charge >= 0.3 is 0 Å². The van der Waals surface area contributed by atoms with E-state index in [0.717, 1.165) is 12.0 Å². The van der Waals surface area contributed by atoms with Gasteiger partial charge in [0.2, 0.25) is 5.91 Å². The van der Waals surface area contributed by atoms with Crippen LogP contribution in [0.2, 0.25) is 0 Å². The molecule has 3 aromatic rings. The molecule has 0 saturated carbocycles. The fraction of sp³-hybridized carbons (Fsp3) is 0.250. The summed E-state index contributed by atoms with van der Waals surface area (Å²) in [4.78, 5) is 39.6. The number of likely N-dealkylation sites (tertiary alicyclic amines) is 1. The molecule has 4 rings (SSSR count). The first-order chi connectivity index (χ1) is 15.3. The number of hydrogen-bond acceptors (Lipinski definition) is 4. The summed E-state index contributed by atoms with van der Waals surface area (Å²) in [5, 5.41) is 4.91. The number of carbonyl (C=O) groups is 3. The van der Waals surface area contributed by atoms with Gasteiger partial charge in [-0.05, 0) is 42.8 Å². The van der Waals surface area contributed by atoms with E-state index in [1.807, 2.05) is 24.3 Å². The van der Waals surface area contributed by atoms with Crippen LogP contribution >= 0.6 is 0 Å². The van der Waals surface area contributed by atoms with E-state index in [4.69, 9.17) is 5.73 Å². The summed E-state index contributed by atoms with van der Waals surface area (Å²) in [6.45, 7) is 0.714. The normalized spacial score (nSPS) is 15.5. The predicted octanol–water partition coefficient (Wildman–Crippen LogP) is 1.66. The molecule has 2 aromatic carbocycles. The third-order valence-corrected chi connectivity index (χ3v) is 5.48. The third-order valence-electron chi connectivity index (χ3n) is 5.48. The van der Waals surface area contributed by atoms with E-state index >= 15 is 0 Å². The number of carbonyl (C=O) groups excluding carboxylic acids is 3. The van der Waals surface area contributed by atoms with Gasteiger partial charge in [-0.25, -0.2) is 4.68 Å². The number of hydrogen-bond donors (Lipinski definition) is 1. The maximum Gasteiger partial charge on any atom is 0.269 e. The van der Waals surface area contributed by atoms with Crippen molar-refractivity contribution in [1.82, 2.24) is 19.6 Å². The van der Waals surface area contributed by atoms with Crippen LogP contribution in [0.3, 0.4) is 0 Å². The van der Waals surface area contributed by atoms with Gasteiger partial charge in [-0.15, -0.1) is 0 Å². The molecule has 2 heterocycles. The molecule has 1 atom stereocenters. The summed E-state index contributed by atoms with van der Waals surface area (Å²) in [6.07, 6.45) is 0.724. The number of rotatable bonds is 3. The zero-order valence-electron chi connectivity index (χ0n) is 18.1. The molecule has 32 heavy (non-hydrogen) atoms. The molecule has 1 saturated heterocycles. The summed E-state index contributed by atoms with van der Waals surface area (Å²) in [5.74, 6) is 5.04. The Morgan fingerprint density at radius 2 is 1.97 bits per heavy atom. The van der Waals surface area contributed by atoms with Crippen LogP contribution in [0.5, 0.6) is 0 Å². The average Bonchev–Trinajstić information content (AvgIpc) is 3.32. The molecule has 0 bridgehead atoms. The van der Waals surface area contributed by atoms with E-state index in [9.17, 15) is 14.4 Å². The lowest BCUT2D eigenvalue weighted by Crippen LogP contribution is -2.21. The largest absolute Gasteiger partial charge is 0.364 e. The molecule has 0 spiro atoms. The van der Waals surface area contributed by atoms with Crippen molar-refractivity contribution in [3.8, 4) is 17.5 Å². The van der Waals surface area contributed by atoms with Gasteiger partial charge in [0.1, 0.15) is 5.92 Å². The van der Waals surface area contributed by atoms with Gasteiger partial charge in [0.05, 0.1) is 11.2 Å². The number of primary amides is 1. The lowest BCUT2D eigenvalue weighted by atomic mass is 10.1. The Labute approximate surface area is 185 Å². The predicted molar refractivity (Wildman–Crippen MR) is 120 cm³/mol. The van der Waals surface area contributed by atoms with E-state index in [1.165, 1.54) is 4.90 Å². The quantitative estimate of drug-likeness (QED) is 0.640. The molecule has 8 nitrogen and oxygen atoms in total. The molecule has 162 valence electrons. The Bertz CT molecular complexity index is 1310. The van der Waals surface area contributed by atoms with Crippen molar-refractivity contribution in [2.45, 2.75) is 6.42 Å². The number of benzene rings is 2. The molecule has 8 heteroatoms. The van der Waals surface area contributed by atoms with Crippen LogP contribution in [-0.2, 0) is 4.79 Å². The molecule has 2 N–H and O–H groups in total. The molecule has 3 amide bonds. The Balaban J connectivity index is 1.76. The van der Waals surface area contributed by atoms with Crippen LogP contribution in [0, 0.1) is 17.8 Å². The van der Waals surface area contributed by atoms with E-state index in [1.54, 1.807) is 48.9 Å². The second-order valence-electron chi connectivity index (χ2n) is 7.98. The van der Waals surface area contributed by atoms with Gasteiger partial charge in [-0.3, -0.25) is 14.4 Å². The van der Waals surface area contributed by atoms with Gasteiger partial charge in [0, 0.05) is 44.2 Å². The van der Waals surface area contributed by atoms with Crippen molar-refractivity contribution in [2.24, 2.45) is 11.7 Å². The maximum atomic E-state index is 12.4. The second-order valence-corrected chi connectivity index (χ2v) is 7.98. The number of aromatic nitrogens is 2. The molecular formula is C24H23N5O3. The van der Waals surface area contributed by atoms with Gasteiger partial charge in [-0.1, -0.05) is 17.9 Å². The molecular weight excluding hydrogens is 406 g/mol. The summed E-state index contributed by atoms with van der Waals surface area (Å²) in [5.41, 5.74) is 8.15. The fourth-order valence-electron chi connectivity index (χ4n) is 3.73. The number of amides is 3. The summed E-state index contributed by atoms with van der Waals surface area (Å²) < 4.78 is 1.61. The van der Waals surface area contributed by atoms with Crippen molar-refractivity contribution < 1.29 is 14.4 Å². The molecule has 1 unspecified atom stereocenters. The first-order valence-corrected chi connectivity index (χ1v) is 10.2. The first kappa shape index (κ1) is 21.1. The van der Waals surface area contributed by atoms with E-state index in [2.05, 4.69) is 16.9 Å². The summed E-state index contributed by atoms with van der Waals surface area (Å²) >= 11 is 0. The lowest BCUT2D eigenvalue weighted by Gasteiger charge is -2.10. The highest BCUT2D eigenvalue weighted by atomic mass is 16.2. The number of fused-ring (bicyclic) bond motifs is 1. The SMILES string of the molecule is CN(C)C(=O)c1ccc2c(c1)c(C(N)=O)nn2-c1cccc(C#CC2CCN(C)C2=O)c1. The van der Waals surface area contributed by atoms with Crippen LogP contribution in [0.15, 0.2) is 42.5 Å². The van der Waals surface area contributed by atoms with Crippen LogP contribution < -0.4 is 5.73 Å². The second kappa shape index (κ2) is 8.19. The minimum Gasteiger partial charge on any atom is -0.364 e. The highest BCUT2D eigenvalue weighted by Crippen LogP contribution is 2.24. The van der Waals surface area contributed by atoms with Crippen LogP contribution in [0.25, 0.3) is 16.6 Å². The van der Waals surface area contributed by atoms with Crippen molar-refractivity contribution in [3.63, 3.8) is 0 Å². The Hall–Kier alpha value is -4.12. The third kappa shape index (κ3) is 3.81. The van der Waals surface area contributed by atoms with Gasteiger partial charge in [-0.2, -0.15) is 5.10 Å². The van der Waals surface area contributed by atoms with Crippen LogP contribution in [0.1, 0.15) is 32.8 Å². The molecule has 1 aliphatic rings. The van der Waals surface area contributed by atoms with E-state index in [-0.39, 0.29) is 23.4 Å². The summed E-state index contributed by atoms with van der Waals surface area (Å²) in [7, 11) is 5.10. The minimum absolute atomic E-state index is 0.0425. The van der Waals surface area contributed by atoms with E-state index in [0.29, 0.717) is 28.7 Å². The highest BCUT2D eigenvalue weighted by molar-refractivity contribution is 6.07. The maximum absolute atomic E-state index is 12.4. The highest BCUT2D eigenvalue weighted by Gasteiger charge is 2.27. The Morgan fingerprint density at radius 3 is 2.62 bits per heavy atom. The van der Waals surface area contributed by atoms with Crippen molar-refractivity contribution >= 4 is 28.6 Å². The van der Waals surface area contributed by atoms with Gasteiger partial charge < -0.3 is 15.5 Å². The zero-order valence-corrected chi connectivity index (χ0v) is 18.1. The summed E-state index contributed by atoms with van der Waals surface area (Å²) in [6, 6.07) is 12.4. The molecule has 1 aromatic heterocycles. The standard InChI is InChI=1S/C24H23N5O3/c1-27(2)23(31)17-9-10-20-19(14-17)21(22(25)30)26-29(20)18-6-4-5-15(13-18)7-8-16-11-12-28(3)24(16)32/h4-6,9-10,13-14,16H,11-12H2,1-3H3,(H2,25,30). The monoisotopic (exact) mass is 429 g/mol. The fourth-order valence-corrected chi connectivity index (χ4v) is 3.73. The molecule has 1 fully saturated rings. The Morgan fingerprint density at radius 1 is 1.19 bits per heavy atom. The van der Waals surface area contributed by atoms with Crippen molar-refractivity contribution in [2.75, 3.05) is 27.7 Å². The zero-order chi connectivity index (χ0) is 23.0. The Kier molecular flexibility index (Phi) is 5.41. The minimum atomic E-state index is -0.678. The molecule has 1 aliphatic heterocycles. The van der Waals surface area contributed by atoms with Crippen molar-refractivity contribution in [3.05, 3.63) is 59.3 Å². The lowest BCUT2D eigenvalue weighted by molar-refractivity contribution is -0.128. The average molecular weight is 429 g/mol. The van der Waals surface area contributed by atoms with Crippen LogP contribution in [0.4, 0.5) is 0 Å². The van der Waals surface area contributed by atoms with Gasteiger partial charge in [0.25, 0.3) is 11.8 Å². The van der Waals surface area contributed by atoms with Crippen molar-refractivity contribution in [1.29, 1.82) is 0 Å². The number of nitrogens with zero attached hydrogens (tertiary/aromatic N) is 4. The molecule has 0 aliphatic carbocycles. The van der Waals surface area contributed by atoms with Crippen LogP contribution in [-0.4, -0.2) is 65.0 Å². The first-order valence-electron chi connectivity index (χ1n) is 10.2. The number of nitrogens with two attached hydrogens (primary N) is 1. The van der Waals surface area contributed by atoms with E-state index < -0.39 is 5.91 Å². The topological polar surface area (TPSA) is 102 Å².